The van der Waals surface area contributed by atoms with Crippen molar-refractivity contribution in [3.05, 3.63) is 29.8 Å². The van der Waals surface area contributed by atoms with E-state index in [0.29, 0.717) is 36.8 Å². The van der Waals surface area contributed by atoms with Gasteiger partial charge in [-0.05, 0) is 78.5 Å². The molecule has 0 spiro atoms. The molecule has 2 rings (SSSR count). The summed E-state index contributed by atoms with van der Waals surface area (Å²) in [7, 11) is 0. The van der Waals surface area contributed by atoms with Crippen LogP contribution in [0.4, 0.5) is 10.5 Å². The minimum Gasteiger partial charge on any atom is -0.444 e. The molecule has 1 aromatic rings. The molecule has 0 aromatic heterocycles. The highest BCUT2D eigenvalue weighted by molar-refractivity contribution is 5.97. The third-order valence-corrected chi connectivity index (χ3v) is 5.57. The molecule has 1 fully saturated rings. The average Bonchev–Trinajstić information content (AvgIpc) is 3.56. The highest BCUT2D eigenvalue weighted by Crippen LogP contribution is 2.39. The lowest BCUT2D eigenvalue weighted by atomic mass is 9.95. The van der Waals surface area contributed by atoms with Gasteiger partial charge in [0.1, 0.15) is 5.60 Å². The summed E-state index contributed by atoms with van der Waals surface area (Å²) in [6, 6.07) is 6.98. The van der Waals surface area contributed by atoms with Crippen LogP contribution in [0.25, 0.3) is 0 Å². The molecule has 8 nitrogen and oxygen atoms in total. The van der Waals surface area contributed by atoms with Crippen LogP contribution in [0.3, 0.4) is 0 Å². The van der Waals surface area contributed by atoms with Crippen LogP contribution in [0, 0.1) is 5.92 Å². The van der Waals surface area contributed by atoms with Crippen LogP contribution >= 0.6 is 0 Å². The highest BCUT2D eigenvalue weighted by atomic mass is 16.6. The minimum atomic E-state index is -0.561. The Kier molecular flexibility index (Phi) is 8.66. The van der Waals surface area contributed by atoms with Gasteiger partial charge >= 0.3 is 6.09 Å². The Morgan fingerprint density at radius 2 is 1.75 bits per heavy atom. The van der Waals surface area contributed by atoms with Crippen molar-refractivity contribution in [1.29, 1.82) is 0 Å². The number of hydrogen-bond donors (Lipinski definition) is 3. The van der Waals surface area contributed by atoms with E-state index in [4.69, 9.17) is 4.74 Å². The fourth-order valence-electron chi connectivity index (χ4n) is 3.55. The number of rotatable bonds is 10. The molecule has 32 heavy (non-hydrogen) atoms. The summed E-state index contributed by atoms with van der Waals surface area (Å²) < 4.78 is 5.31. The first-order chi connectivity index (χ1) is 15.0. The zero-order chi connectivity index (χ0) is 23.9. The van der Waals surface area contributed by atoms with Gasteiger partial charge in [0.2, 0.25) is 5.91 Å². The van der Waals surface area contributed by atoms with Crippen LogP contribution in [0.2, 0.25) is 0 Å². The fraction of sp³-hybridized carbons (Fsp3) is 0.625. The van der Waals surface area contributed by atoms with E-state index in [1.54, 1.807) is 29.2 Å². The summed E-state index contributed by atoms with van der Waals surface area (Å²) in [6.07, 6.45) is 1.64. The summed E-state index contributed by atoms with van der Waals surface area (Å²) in [5, 5.41) is 8.99. The van der Waals surface area contributed by atoms with Crippen molar-refractivity contribution in [3.8, 4) is 0 Å². The number of benzene rings is 1. The maximum atomic E-state index is 12.6. The Balaban J connectivity index is 1.92. The lowest BCUT2D eigenvalue weighted by molar-refractivity contribution is -0.115. The van der Waals surface area contributed by atoms with Crippen molar-refractivity contribution < 1.29 is 19.1 Å². The van der Waals surface area contributed by atoms with E-state index >= 15 is 0 Å². The third-order valence-electron chi connectivity index (χ3n) is 5.57. The first-order valence-electron chi connectivity index (χ1n) is 11.4. The van der Waals surface area contributed by atoms with Crippen LogP contribution in [-0.4, -0.2) is 60.1 Å². The highest BCUT2D eigenvalue weighted by Gasteiger charge is 2.41. The fourth-order valence-corrected chi connectivity index (χ4v) is 3.55. The van der Waals surface area contributed by atoms with Crippen molar-refractivity contribution in [2.45, 2.75) is 65.5 Å². The van der Waals surface area contributed by atoms with Crippen LogP contribution in [0.15, 0.2) is 24.3 Å². The summed E-state index contributed by atoms with van der Waals surface area (Å²) in [5.74, 6) is 0.126. The number of hydrogen-bond acceptors (Lipinski definition) is 5. The summed E-state index contributed by atoms with van der Waals surface area (Å²) in [5.41, 5.74) is 0.155. The van der Waals surface area contributed by atoms with E-state index in [2.05, 4.69) is 16.0 Å². The van der Waals surface area contributed by atoms with E-state index in [9.17, 15) is 14.4 Å². The van der Waals surface area contributed by atoms with E-state index in [0.717, 1.165) is 12.8 Å². The molecule has 1 atom stereocenters. The maximum absolute atomic E-state index is 12.6. The standard InChI is InChI=1S/C24H38N4O4/c1-7-28(8-2)21(30)17-10-9-11-19(14-17)27-20(29)15-26-24(6,18-12-13-18)16-25-22(31)32-23(3,4)5/h9-11,14,18,26H,7-8,12-13,15-16H2,1-6H3,(H,25,31)(H,27,29). The number of nitrogens with zero attached hydrogens (tertiary/aromatic N) is 1. The van der Waals surface area contributed by atoms with E-state index in [-0.39, 0.29) is 18.4 Å². The topological polar surface area (TPSA) is 99.8 Å². The molecule has 8 heteroatoms. The van der Waals surface area contributed by atoms with E-state index < -0.39 is 17.2 Å². The predicted octanol–water partition coefficient (Wildman–Crippen LogP) is 3.39. The number of ether oxygens (including phenoxy) is 1. The van der Waals surface area contributed by atoms with E-state index in [1.807, 2.05) is 41.5 Å². The van der Waals surface area contributed by atoms with Crippen LogP contribution in [-0.2, 0) is 9.53 Å². The Morgan fingerprint density at radius 3 is 2.31 bits per heavy atom. The quantitative estimate of drug-likeness (QED) is 0.512. The first kappa shape index (κ1) is 25.6. The van der Waals surface area contributed by atoms with Gasteiger partial charge in [0.05, 0.1) is 6.54 Å². The van der Waals surface area contributed by atoms with Crippen LogP contribution < -0.4 is 16.0 Å². The molecule has 3 amide bonds. The molecule has 1 unspecified atom stereocenters. The third kappa shape index (κ3) is 7.82. The van der Waals surface area contributed by atoms with Gasteiger partial charge < -0.3 is 25.6 Å². The van der Waals surface area contributed by atoms with Gasteiger partial charge in [-0.3, -0.25) is 9.59 Å². The molecule has 0 aliphatic heterocycles. The Bertz CT molecular complexity index is 812. The molecule has 0 radical (unpaired) electrons. The second-order valence-electron chi connectivity index (χ2n) is 9.51. The summed E-state index contributed by atoms with van der Waals surface area (Å²) in [6.45, 7) is 13.1. The Labute approximate surface area is 191 Å². The smallest absolute Gasteiger partial charge is 0.407 e. The Morgan fingerprint density at radius 1 is 1.09 bits per heavy atom. The molecule has 3 N–H and O–H groups in total. The van der Waals surface area contributed by atoms with Gasteiger partial charge in [0, 0.05) is 36.4 Å². The normalized spacial score (nSPS) is 15.4. The van der Waals surface area contributed by atoms with Crippen molar-refractivity contribution >= 4 is 23.6 Å². The van der Waals surface area contributed by atoms with Crippen molar-refractivity contribution in [3.63, 3.8) is 0 Å². The molecule has 0 bridgehead atoms. The average molecular weight is 447 g/mol. The molecular weight excluding hydrogens is 408 g/mol. The summed E-state index contributed by atoms with van der Waals surface area (Å²) in [4.78, 5) is 38.9. The zero-order valence-corrected chi connectivity index (χ0v) is 20.2. The summed E-state index contributed by atoms with van der Waals surface area (Å²) >= 11 is 0. The number of nitrogens with one attached hydrogen (secondary N) is 3. The van der Waals surface area contributed by atoms with E-state index in [1.165, 1.54) is 0 Å². The van der Waals surface area contributed by atoms with Gasteiger partial charge in [0.25, 0.3) is 5.91 Å². The number of anilines is 1. The molecule has 0 heterocycles. The lowest BCUT2D eigenvalue weighted by Crippen LogP contribution is -2.55. The second-order valence-corrected chi connectivity index (χ2v) is 9.51. The van der Waals surface area contributed by atoms with Crippen molar-refractivity contribution in [1.82, 2.24) is 15.5 Å². The molecular formula is C24H38N4O4. The van der Waals surface area contributed by atoms with Crippen LogP contribution in [0.1, 0.15) is 64.7 Å². The zero-order valence-electron chi connectivity index (χ0n) is 20.2. The van der Waals surface area contributed by atoms with Gasteiger partial charge in [-0.15, -0.1) is 0 Å². The molecule has 1 saturated carbocycles. The lowest BCUT2D eigenvalue weighted by Gasteiger charge is -2.32. The molecule has 1 aliphatic carbocycles. The molecule has 1 aromatic carbocycles. The minimum absolute atomic E-state index is 0.0567. The largest absolute Gasteiger partial charge is 0.444 e. The SMILES string of the molecule is CCN(CC)C(=O)c1cccc(NC(=O)CNC(C)(CNC(=O)OC(C)(C)C)C2CC2)c1. The molecule has 0 saturated heterocycles. The number of amides is 3. The molecule has 178 valence electrons. The van der Waals surface area contributed by atoms with Crippen molar-refractivity contribution in [2.24, 2.45) is 5.92 Å². The Hall–Kier alpha value is -2.61. The first-order valence-corrected chi connectivity index (χ1v) is 11.4. The van der Waals surface area contributed by atoms with Gasteiger partial charge in [-0.2, -0.15) is 0 Å². The molecule has 1 aliphatic rings. The number of carbonyl (C=O) groups excluding carboxylic acids is 3. The number of alkyl carbamates (subject to hydrolysis) is 1. The maximum Gasteiger partial charge on any atom is 0.407 e. The second kappa shape index (κ2) is 10.8. The number of carbonyl (C=O) groups is 3. The van der Waals surface area contributed by atoms with Gasteiger partial charge in [-0.25, -0.2) is 4.79 Å². The van der Waals surface area contributed by atoms with Crippen LogP contribution in [0.5, 0.6) is 0 Å². The van der Waals surface area contributed by atoms with Crippen molar-refractivity contribution in [2.75, 3.05) is 31.5 Å². The predicted molar refractivity (Wildman–Crippen MR) is 126 cm³/mol. The monoisotopic (exact) mass is 446 g/mol. The van der Waals surface area contributed by atoms with Gasteiger partial charge in [-0.1, -0.05) is 6.07 Å². The van der Waals surface area contributed by atoms with Gasteiger partial charge in [0.15, 0.2) is 0 Å².